The molecule has 0 amide bonds. The number of furan rings is 1. The summed E-state index contributed by atoms with van der Waals surface area (Å²) in [7, 11) is 0. The molecule has 66 heavy (non-hydrogen) atoms. The van der Waals surface area contributed by atoms with E-state index < -0.39 is 0 Å². The molecule has 0 N–H and O–H groups in total. The lowest BCUT2D eigenvalue weighted by molar-refractivity contribution is 0.632. The molecule has 0 aliphatic heterocycles. The van der Waals surface area contributed by atoms with E-state index in [4.69, 9.17) is 4.42 Å². The van der Waals surface area contributed by atoms with Crippen LogP contribution in [0.2, 0.25) is 0 Å². The van der Waals surface area contributed by atoms with E-state index in [9.17, 15) is 0 Å². The molecule has 1 aromatic heterocycles. The van der Waals surface area contributed by atoms with Crippen LogP contribution >= 0.6 is 0 Å². The first-order chi connectivity index (χ1) is 32.7. The molecule has 12 aromatic rings. The van der Waals surface area contributed by atoms with Gasteiger partial charge in [-0.2, -0.15) is 0 Å². The zero-order valence-corrected chi connectivity index (χ0v) is 36.2. The van der Waals surface area contributed by atoms with Crippen LogP contribution in [0.4, 0.5) is 17.1 Å². The Morgan fingerprint density at radius 1 is 0.258 bits per heavy atom. The second-order valence-corrected chi connectivity index (χ2v) is 16.8. The van der Waals surface area contributed by atoms with Crippen molar-refractivity contribution in [1.82, 2.24) is 0 Å². The monoisotopic (exact) mass is 841 g/mol. The first kappa shape index (κ1) is 38.9. The van der Waals surface area contributed by atoms with Crippen LogP contribution in [-0.4, -0.2) is 0 Å². The Hall–Kier alpha value is -8.72. The fourth-order valence-electron chi connectivity index (χ4n) is 9.80. The molecule has 0 bridgehead atoms. The van der Waals surface area contributed by atoms with Crippen molar-refractivity contribution in [3.05, 3.63) is 261 Å². The summed E-state index contributed by atoms with van der Waals surface area (Å²) in [5, 5.41) is 6.11. The normalized spacial score (nSPS) is 11.3. The molecular formula is C64H43NO. The average molecular weight is 842 g/mol. The van der Waals surface area contributed by atoms with Gasteiger partial charge in [0.1, 0.15) is 11.3 Å². The van der Waals surface area contributed by atoms with E-state index in [1.807, 2.05) is 6.07 Å². The van der Waals surface area contributed by atoms with Crippen LogP contribution in [0.25, 0.3) is 99.5 Å². The van der Waals surface area contributed by atoms with Gasteiger partial charge in [-0.1, -0.05) is 212 Å². The molecule has 12 rings (SSSR count). The third-order valence-electron chi connectivity index (χ3n) is 12.9. The first-order valence-corrected chi connectivity index (χ1v) is 22.6. The molecule has 1 heterocycles. The predicted molar refractivity (Wildman–Crippen MR) is 279 cm³/mol. The maximum atomic E-state index is 6.75. The van der Waals surface area contributed by atoms with Crippen molar-refractivity contribution in [3.8, 4) is 67.0 Å². The Labute approximate surface area is 384 Å². The van der Waals surface area contributed by atoms with Crippen molar-refractivity contribution in [2.75, 3.05) is 4.90 Å². The van der Waals surface area contributed by atoms with Gasteiger partial charge in [0.2, 0.25) is 0 Å². The van der Waals surface area contributed by atoms with Crippen molar-refractivity contribution in [2.24, 2.45) is 0 Å². The molecule has 0 spiro atoms. The molecule has 0 atom stereocenters. The second-order valence-electron chi connectivity index (χ2n) is 16.8. The van der Waals surface area contributed by atoms with Crippen LogP contribution in [0.1, 0.15) is 0 Å². The lowest BCUT2D eigenvalue weighted by atomic mass is 9.89. The van der Waals surface area contributed by atoms with Gasteiger partial charge in [0.15, 0.2) is 0 Å². The van der Waals surface area contributed by atoms with E-state index in [1.54, 1.807) is 0 Å². The largest absolute Gasteiger partial charge is 0.455 e. The lowest BCUT2D eigenvalue weighted by Gasteiger charge is -2.26. The van der Waals surface area contributed by atoms with Gasteiger partial charge >= 0.3 is 0 Å². The highest BCUT2D eigenvalue weighted by Gasteiger charge is 2.21. The fraction of sp³-hybridized carbons (Fsp3) is 0. The molecule has 2 heteroatoms. The number of nitrogens with zero attached hydrogens (tertiary/aromatic N) is 1. The minimum atomic E-state index is 0.852. The van der Waals surface area contributed by atoms with E-state index in [1.165, 1.54) is 60.5 Å². The highest BCUT2D eigenvalue weighted by Crippen LogP contribution is 2.45. The van der Waals surface area contributed by atoms with Gasteiger partial charge < -0.3 is 9.32 Å². The number of benzene rings is 11. The van der Waals surface area contributed by atoms with Gasteiger partial charge in [-0.3, -0.25) is 0 Å². The molecular weight excluding hydrogens is 799 g/mol. The van der Waals surface area contributed by atoms with Crippen molar-refractivity contribution < 1.29 is 4.42 Å². The Balaban J connectivity index is 0.988. The topological polar surface area (TPSA) is 16.4 Å². The summed E-state index contributed by atoms with van der Waals surface area (Å²) in [5.74, 6) is 0.852. The molecule has 0 fully saturated rings. The van der Waals surface area contributed by atoms with Crippen LogP contribution in [0.5, 0.6) is 0 Å². The van der Waals surface area contributed by atoms with Gasteiger partial charge in [-0.15, -0.1) is 0 Å². The number of anilines is 3. The van der Waals surface area contributed by atoms with Crippen molar-refractivity contribution in [3.63, 3.8) is 0 Å². The van der Waals surface area contributed by atoms with Crippen LogP contribution in [0, 0.1) is 0 Å². The van der Waals surface area contributed by atoms with Crippen molar-refractivity contribution >= 4 is 49.6 Å². The van der Waals surface area contributed by atoms with Crippen LogP contribution in [0.3, 0.4) is 0 Å². The molecule has 0 aliphatic rings. The second kappa shape index (κ2) is 16.8. The van der Waals surface area contributed by atoms with Crippen LogP contribution in [-0.2, 0) is 0 Å². The van der Waals surface area contributed by atoms with Gasteiger partial charge in [0, 0.05) is 33.6 Å². The summed E-state index contributed by atoms with van der Waals surface area (Å²) < 4.78 is 6.75. The predicted octanol–water partition coefficient (Wildman–Crippen LogP) is 18.2. The first-order valence-electron chi connectivity index (χ1n) is 22.6. The van der Waals surface area contributed by atoms with Gasteiger partial charge in [0.25, 0.3) is 0 Å². The number of para-hydroxylation sites is 1. The fourth-order valence-corrected chi connectivity index (χ4v) is 9.80. The number of hydrogen-bond acceptors (Lipinski definition) is 2. The van der Waals surface area contributed by atoms with Crippen molar-refractivity contribution in [1.29, 1.82) is 0 Å². The zero-order valence-electron chi connectivity index (χ0n) is 36.2. The summed E-state index contributed by atoms with van der Waals surface area (Å²) in [5.41, 5.74) is 16.8. The Morgan fingerprint density at radius 3 is 1.38 bits per heavy atom. The summed E-state index contributed by atoms with van der Waals surface area (Å²) in [6.07, 6.45) is 0. The SMILES string of the molecule is c1ccc(-c2ccccc2-c2ccccc2-c2ccc(N(c3ccc(-c4cc5ccccc5c5ccccc45)cc3)c3cccc(-c4oc5ccccc5c4-c4ccccc4)c3)cc2)cc1. The number of hydrogen-bond donors (Lipinski definition) is 0. The van der Waals surface area contributed by atoms with Crippen LogP contribution < -0.4 is 4.90 Å². The Morgan fingerprint density at radius 2 is 0.727 bits per heavy atom. The van der Waals surface area contributed by atoms with Gasteiger partial charge in [0.05, 0.1) is 0 Å². The Bertz CT molecular complexity index is 3680. The molecule has 0 radical (unpaired) electrons. The third-order valence-corrected chi connectivity index (χ3v) is 12.9. The van der Waals surface area contributed by atoms with E-state index in [2.05, 4.69) is 260 Å². The summed E-state index contributed by atoms with van der Waals surface area (Å²) in [4.78, 5) is 2.36. The van der Waals surface area contributed by atoms with Gasteiger partial charge in [-0.05, 0) is 120 Å². The highest BCUT2D eigenvalue weighted by atomic mass is 16.3. The Kier molecular flexibility index (Phi) is 9.89. The van der Waals surface area contributed by atoms with E-state index in [0.29, 0.717) is 0 Å². The quantitative estimate of drug-likeness (QED) is 0.135. The number of rotatable bonds is 9. The third kappa shape index (κ3) is 7.02. The summed E-state index contributed by atoms with van der Waals surface area (Å²) >= 11 is 0. The molecule has 0 aliphatic carbocycles. The molecule has 2 nitrogen and oxygen atoms in total. The number of fused-ring (bicyclic) bond motifs is 4. The maximum absolute atomic E-state index is 6.75. The summed E-state index contributed by atoms with van der Waals surface area (Å²) in [6.45, 7) is 0. The van der Waals surface area contributed by atoms with E-state index >= 15 is 0 Å². The van der Waals surface area contributed by atoms with Gasteiger partial charge in [-0.25, -0.2) is 0 Å². The molecule has 0 saturated carbocycles. The standard InChI is InChI=1S/C64H43NO/c1-3-18-44(19-4-1)53-25-9-11-28-56(53)57-29-12-10-26-54(57)45-34-38-50(39-35-45)65(51-40-36-46(37-41-51)61-43-48-22-7-8-27-55(48)58-30-13-14-31-59(58)61)52-24-17-23-49(42-52)64-63(47-20-5-2-6-21-47)60-32-15-16-33-62(60)66-64/h1-43H. The minimum absolute atomic E-state index is 0.852. The molecule has 310 valence electrons. The summed E-state index contributed by atoms with van der Waals surface area (Å²) in [6, 6.07) is 93.6. The maximum Gasteiger partial charge on any atom is 0.143 e. The lowest BCUT2D eigenvalue weighted by Crippen LogP contribution is -2.10. The van der Waals surface area contributed by atoms with E-state index in [-0.39, 0.29) is 0 Å². The zero-order chi connectivity index (χ0) is 43.8. The average Bonchev–Trinajstić information content (AvgIpc) is 3.80. The molecule has 11 aromatic carbocycles. The molecule has 0 saturated heterocycles. The smallest absolute Gasteiger partial charge is 0.143 e. The highest BCUT2D eigenvalue weighted by molar-refractivity contribution is 6.14. The van der Waals surface area contributed by atoms with Crippen molar-refractivity contribution in [2.45, 2.75) is 0 Å². The minimum Gasteiger partial charge on any atom is -0.455 e. The molecule has 0 unspecified atom stereocenters. The van der Waals surface area contributed by atoms with Crippen LogP contribution in [0.15, 0.2) is 265 Å². The van der Waals surface area contributed by atoms with E-state index in [0.717, 1.165) is 56.0 Å².